The van der Waals surface area contributed by atoms with E-state index in [1.165, 1.54) is 12.8 Å². The van der Waals surface area contributed by atoms with E-state index in [1.54, 1.807) is 0 Å². The van der Waals surface area contributed by atoms with Gasteiger partial charge < -0.3 is 10.2 Å². The first-order chi connectivity index (χ1) is 6.93. The fourth-order valence-corrected chi connectivity index (χ4v) is 1.79. The van der Waals surface area contributed by atoms with Crippen molar-refractivity contribution in [3.05, 3.63) is 0 Å². The Morgan fingerprint density at radius 1 is 1.00 bits per heavy atom. The third-order valence-corrected chi connectivity index (χ3v) is 2.68. The lowest BCUT2D eigenvalue weighted by molar-refractivity contribution is 0.239. The predicted molar refractivity (Wildman–Crippen MR) is 69.3 cm³/mol. The van der Waals surface area contributed by atoms with Gasteiger partial charge in [0.25, 0.3) is 0 Å². The average molecular weight is 214 g/mol. The minimum atomic E-state index is 0.727. The van der Waals surface area contributed by atoms with Gasteiger partial charge in [-0.05, 0) is 51.9 Å². The summed E-state index contributed by atoms with van der Waals surface area (Å²) in [6, 6.07) is 0.727. The van der Waals surface area contributed by atoms with E-state index < -0.39 is 0 Å². The van der Waals surface area contributed by atoms with Crippen molar-refractivity contribution in [2.75, 3.05) is 27.2 Å². The summed E-state index contributed by atoms with van der Waals surface area (Å²) in [5.41, 5.74) is 0. The molecule has 0 aliphatic carbocycles. The van der Waals surface area contributed by atoms with Crippen molar-refractivity contribution in [1.82, 2.24) is 10.2 Å². The summed E-state index contributed by atoms with van der Waals surface area (Å²) in [7, 11) is 4.38. The van der Waals surface area contributed by atoms with Crippen LogP contribution in [-0.4, -0.2) is 38.1 Å². The zero-order valence-corrected chi connectivity index (χ0v) is 11.5. The van der Waals surface area contributed by atoms with Gasteiger partial charge in [-0.2, -0.15) is 0 Å². The van der Waals surface area contributed by atoms with Crippen LogP contribution in [0.4, 0.5) is 0 Å². The molecule has 0 saturated heterocycles. The monoisotopic (exact) mass is 214 g/mol. The Morgan fingerprint density at radius 2 is 1.60 bits per heavy atom. The molecule has 0 aromatic heterocycles. The van der Waals surface area contributed by atoms with Gasteiger partial charge in [-0.3, -0.25) is 0 Å². The minimum Gasteiger partial charge on any atom is -0.316 e. The number of rotatable bonds is 8. The first-order valence-corrected chi connectivity index (χ1v) is 6.30. The van der Waals surface area contributed by atoms with E-state index in [9.17, 15) is 0 Å². The Bertz CT molecular complexity index is 141. The van der Waals surface area contributed by atoms with E-state index in [0.29, 0.717) is 0 Å². The van der Waals surface area contributed by atoms with E-state index in [1.807, 2.05) is 0 Å². The molecule has 0 aromatic carbocycles. The van der Waals surface area contributed by atoms with Gasteiger partial charge in [0.15, 0.2) is 0 Å². The maximum absolute atomic E-state index is 3.52. The molecule has 0 saturated carbocycles. The van der Waals surface area contributed by atoms with Gasteiger partial charge in [0.1, 0.15) is 0 Å². The van der Waals surface area contributed by atoms with Crippen LogP contribution in [0.25, 0.3) is 0 Å². The molecule has 2 nitrogen and oxygen atoms in total. The first-order valence-electron chi connectivity index (χ1n) is 6.30. The molecule has 0 aliphatic heterocycles. The average Bonchev–Trinajstić information content (AvgIpc) is 2.08. The maximum Gasteiger partial charge on any atom is 0.0104 e. The Labute approximate surface area is 96.4 Å². The summed E-state index contributed by atoms with van der Waals surface area (Å²) in [4.78, 5) is 2.36. The van der Waals surface area contributed by atoms with Gasteiger partial charge in [0.05, 0.1) is 0 Å². The molecule has 0 heterocycles. The van der Waals surface area contributed by atoms with Crippen molar-refractivity contribution in [1.29, 1.82) is 0 Å². The van der Waals surface area contributed by atoms with Gasteiger partial charge in [-0.25, -0.2) is 0 Å². The lowest BCUT2D eigenvalue weighted by Gasteiger charge is -2.26. The molecule has 1 atom stereocenters. The molecule has 0 aliphatic rings. The highest BCUT2D eigenvalue weighted by atomic mass is 15.1. The second-order valence-electron chi connectivity index (χ2n) is 5.63. The van der Waals surface area contributed by atoms with Crippen LogP contribution < -0.4 is 5.32 Å². The van der Waals surface area contributed by atoms with Crippen LogP contribution in [0.1, 0.15) is 40.5 Å². The molecular formula is C13H30N2. The molecular weight excluding hydrogens is 184 g/mol. The molecule has 1 N–H and O–H groups in total. The minimum absolute atomic E-state index is 0.727. The molecule has 0 bridgehead atoms. The van der Waals surface area contributed by atoms with Crippen molar-refractivity contribution in [3.8, 4) is 0 Å². The summed E-state index contributed by atoms with van der Waals surface area (Å²) >= 11 is 0. The van der Waals surface area contributed by atoms with Gasteiger partial charge in [0, 0.05) is 6.04 Å². The van der Waals surface area contributed by atoms with Gasteiger partial charge >= 0.3 is 0 Å². The Morgan fingerprint density at radius 3 is 2.00 bits per heavy atom. The van der Waals surface area contributed by atoms with Gasteiger partial charge in [-0.15, -0.1) is 0 Å². The second kappa shape index (κ2) is 8.12. The lowest BCUT2D eigenvalue weighted by atomic mass is 10.0. The quantitative estimate of drug-likeness (QED) is 0.625. The molecule has 2 heteroatoms. The molecule has 15 heavy (non-hydrogen) atoms. The number of nitrogens with zero attached hydrogens (tertiary/aromatic N) is 1. The third kappa shape index (κ3) is 8.88. The van der Waals surface area contributed by atoms with Crippen LogP contribution in [0.3, 0.4) is 0 Å². The third-order valence-electron chi connectivity index (χ3n) is 2.68. The fraction of sp³-hybridized carbons (Fsp3) is 1.00. The van der Waals surface area contributed by atoms with Crippen LogP contribution in [0.15, 0.2) is 0 Å². The van der Waals surface area contributed by atoms with Crippen LogP contribution in [0, 0.1) is 11.8 Å². The standard InChI is InChI=1S/C13H30N2/c1-11(2)9-13(15(5)6)7-8-14-10-12(3)4/h11-14H,7-10H2,1-6H3. The summed E-state index contributed by atoms with van der Waals surface area (Å²) < 4.78 is 0. The van der Waals surface area contributed by atoms with E-state index >= 15 is 0 Å². The number of hydrogen-bond acceptors (Lipinski definition) is 2. The van der Waals surface area contributed by atoms with Crippen molar-refractivity contribution in [2.24, 2.45) is 11.8 Å². The predicted octanol–water partition coefficient (Wildman–Crippen LogP) is 2.60. The molecule has 0 aromatic rings. The maximum atomic E-state index is 3.52. The highest BCUT2D eigenvalue weighted by molar-refractivity contribution is 4.69. The number of hydrogen-bond donors (Lipinski definition) is 1. The Balaban J connectivity index is 3.67. The van der Waals surface area contributed by atoms with Crippen LogP contribution in [0.5, 0.6) is 0 Å². The highest BCUT2D eigenvalue weighted by Gasteiger charge is 2.12. The van der Waals surface area contributed by atoms with Crippen LogP contribution in [-0.2, 0) is 0 Å². The summed E-state index contributed by atoms with van der Waals surface area (Å²) in [6.07, 6.45) is 2.56. The zero-order chi connectivity index (χ0) is 11.8. The van der Waals surface area contributed by atoms with Gasteiger partial charge in [-0.1, -0.05) is 27.7 Å². The second-order valence-corrected chi connectivity index (χ2v) is 5.63. The lowest BCUT2D eigenvalue weighted by Crippen LogP contribution is -2.33. The molecule has 0 amide bonds. The smallest absolute Gasteiger partial charge is 0.0104 e. The largest absolute Gasteiger partial charge is 0.316 e. The molecule has 0 fully saturated rings. The topological polar surface area (TPSA) is 15.3 Å². The normalized spacial score (nSPS) is 14.2. The molecule has 0 spiro atoms. The summed E-state index contributed by atoms with van der Waals surface area (Å²) in [5, 5.41) is 3.52. The zero-order valence-electron chi connectivity index (χ0n) is 11.5. The first kappa shape index (κ1) is 14.9. The van der Waals surface area contributed by atoms with Crippen molar-refractivity contribution < 1.29 is 0 Å². The van der Waals surface area contributed by atoms with Crippen LogP contribution in [0.2, 0.25) is 0 Å². The van der Waals surface area contributed by atoms with Crippen molar-refractivity contribution in [3.63, 3.8) is 0 Å². The Kier molecular flexibility index (Phi) is 8.07. The summed E-state index contributed by atoms with van der Waals surface area (Å²) in [5.74, 6) is 1.55. The summed E-state index contributed by atoms with van der Waals surface area (Å²) in [6.45, 7) is 11.4. The van der Waals surface area contributed by atoms with E-state index in [-0.39, 0.29) is 0 Å². The van der Waals surface area contributed by atoms with E-state index in [4.69, 9.17) is 0 Å². The van der Waals surface area contributed by atoms with E-state index in [2.05, 4.69) is 52.0 Å². The van der Waals surface area contributed by atoms with Crippen molar-refractivity contribution >= 4 is 0 Å². The molecule has 0 rings (SSSR count). The van der Waals surface area contributed by atoms with Crippen molar-refractivity contribution in [2.45, 2.75) is 46.6 Å². The fourth-order valence-electron chi connectivity index (χ4n) is 1.79. The molecule has 0 radical (unpaired) electrons. The van der Waals surface area contributed by atoms with E-state index in [0.717, 1.165) is 31.0 Å². The highest BCUT2D eigenvalue weighted by Crippen LogP contribution is 2.11. The Hall–Kier alpha value is -0.0800. The SMILES string of the molecule is CC(C)CNCCC(CC(C)C)N(C)C. The van der Waals surface area contributed by atoms with Crippen LogP contribution >= 0.6 is 0 Å². The van der Waals surface area contributed by atoms with Gasteiger partial charge in [0.2, 0.25) is 0 Å². The number of nitrogens with one attached hydrogen (secondary N) is 1. The molecule has 92 valence electrons. The molecule has 1 unspecified atom stereocenters.